The summed E-state index contributed by atoms with van der Waals surface area (Å²) in [7, 11) is 0. The maximum atomic E-state index is 11.0. The third-order valence-electron chi connectivity index (χ3n) is 3.79. The van der Waals surface area contributed by atoms with Gasteiger partial charge in [-0.3, -0.25) is 14.7 Å². The lowest BCUT2D eigenvalue weighted by molar-refractivity contribution is -0.114. The number of nitrogens with one attached hydrogen (secondary N) is 1. The molecule has 0 unspecified atom stereocenters. The van der Waals surface area contributed by atoms with Crippen LogP contribution in [0.15, 0.2) is 18.3 Å². The number of carbonyl (C=O) groups is 1. The fourth-order valence-electron chi connectivity index (χ4n) is 2.81. The van der Waals surface area contributed by atoms with Crippen LogP contribution < -0.4 is 10.1 Å². The first kappa shape index (κ1) is 16.9. The van der Waals surface area contributed by atoms with Crippen LogP contribution >= 0.6 is 11.3 Å². The smallest absolute Gasteiger partial charge is 0.223 e. The average Bonchev–Trinajstić information content (AvgIpc) is 2.86. The highest BCUT2D eigenvalue weighted by Crippen LogP contribution is 2.25. The zero-order chi connectivity index (χ0) is 17.1. The molecule has 0 aromatic carbocycles. The molecule has 2 aromatic rings. The van der Waals surface area contributed by atoms with Crippen molar-refractivity contribution in [1.82, 2.24) is 14.9 Å². The van der Waals surface area contributed by atoms with Gasteiger partial charge in [-0.15, -0.1) is 11.3 Å². The van der Waals surface area contributed by atoms with E-state index in [1.54, 1.807) is 0 Å². The number of thiazole rings is 1. The maximum Gasteiger partial charge on any atom is 0.223 e. The van der Waals surface area contributed by atoms with E-state index in [0.717, 1.165) is 43.4 Å². The first-order valence-electron chi connectivity index (χ1n) is 8.00. The van der Waals surface area contributed by atoms with Gasteiger partial charge in [-0.2, -0.15) is 0 Å². The maximum absolute atomic E-state index is 11.0. The molecule has 0 radical (unpaired) electrons. The molecule has 1 amide bonds. The van der Waals surface area contributed by atoms with Crippen LogP contribution in [0.4, 0.5) is 5.13 Å². The number of amides is 1. The summed E-state index contributed by atoms with van der Waals surface area (Å²) in [5.74, 6) is 1.38. The number of carbonyl (C=O) groups excluding carboxylic acids is 1. The summed E-state index contributed by atoms with van der Waals surface area (Å²) in [4.78, 5) is 23.1. The van der Waals surface area contributed by atoms with E-state index in [2.05, 4.69) is 20.2 Å². The fourth-order valence-corrected chi connectivity index (χ4v) is 3.72. The van der Waals surface area contributed by atoms with Crippen molar-refractivity contribution in [2.24, 2.45) is 5.92 Å². The summed E-state index contributed by atoms with van der Waals surface area (Å²) < 4.78 is 5.89. The highest BCUT2D eigenvalue weighted by atomic mass is 32.1. The summed E-state index contributed by atoms with van der Waals surface area (Å²) in [6.45, 7) is 9.12. The minimum Gasteiger partial charge on any atom is -0.493 e. The zero-order valence-electron chi connectivity index (χ0n) is 14.2. The van der Waals surface area contributed by atoms with Gasteiger partial charge in [0.1, 0.15) is 5.75 Å². The lowest BCUT2D eigenvalue weighted by Gasteiger charge is -2.38. The molecule has 1 aliphatic rings. The second kappa shape index (κ2) is 7.27. The minimum absolute atomic E-state index is 0.0846. The van der Waals surface area contributed by atoms with Crippen LogP contribution in [0.2, 0.25) is 0 Å². The van der Waals surface area contributed by atoms with Gasteiger partial charge in [-0.05, 0) is 13.8 Å². The van der Waals surface area contributed by atoms with E-state index in [9.17, 15) is 4.79 Å². The van der Waals surface area contributed by atoms with Crippen molar-refractivity contribution < 1.29 is 9.53 Å². The number of ether oxygens (including phenoxy) is 1. The Bertz CT molecular complexity index is 705. The quantitative estimate of drug-likeness (QED) is 0.871. The van der Waals surface area contributed by atoms with Gasteiger partial charge >= 0.3 is 0 Å². The Morgan fingerprint density at radius 3 is 2.75 bits per heavy atom. The topological polar surface area (TPSA) is 67.4 Å². The molecule has 7 heteroatoms. The van der Waals surface area contributed by atoms with E-state index >= 15 is 0 Å². The van der Waals surface area contributed by atoms with Crippen molar-refractivity contribution >= 4 is 22.4 Å². The largest absolute Gasteiger partial charge is 0.493 e. The molecular formula is C17H22N4O2S. The van der Waals surface area contributed by atoms with Crippen molar-refractivity contribution in [2.45, 2.75) is 27.3 Å². The third-order valence-corrected chi connectivity index (χ3v) is 4.69. The number of hydrogen-bond acceptors (Lipinski definition) is 6. The number of likely N-dealkylation sites (tertiary alicyclic amines) is 1. The second-order valence-electron chi connectivity index (χ2n) is 6.27. The predicted molar refractivity (Wildman–Crippen MR) is 94.4 cm³/mol. The molecule has 24 heavy (non-hydrogen) atoms. The Morgan fingerprint density at radius 1 is 1.38 bits per heavy atom. The van der Waals surface area contributed by atoms with Crippen molar-refractivity contribution in [3.8, 4) is 5.75 Å². The Balaban J connectivity index is 1.41. The van der Waals surface area contributed by atoms with Gasteiger partial charge < -0.3 is 10.1 Å². The van der Waals surface area contributed by atoms with E-state index in [1.165, 1.54) is 23.1 Å². The third kappa shape index (κ3) is 4.52. The molecule has 128 valence electrons. The Morgan fingerprint density at radius 2 is 2.08 bits per heavy atom. The normalized spacial score (nSPS) is 15.1. The molecule has 0 atom stereocenters. The first-order valence-corrected chi connectivity index (χ1v) is 8.82. The molecular weight excluding hydrogens is 324 g/mol. The summed E-state index contributed by atoms with van der Waals surface area (Å²) in [5, 5.41) is 3.38. The van der Waals surface area contributed by atoms with Gasteiger partial charge in [0.05, 0.1) is 6.61 Å². The van der Waals surface area contributed by atoms with Crippen LogP contribution in [0.1, 0.15) is 23.2 Å². The van der Waals surface area contributed by atoms with Crippen molar-refractivity contribution in [3.63, 3.8) is 0 Å². The SMILES string of the molecule is CC(=O)Nc1ncc(CN2CC(COc3cc(C)nc(C)c3)C2)s1. The zero-order valence-corrected chi connectivity index (χ0v) is 15.0. The van der Waals surface area contributed by atoms with Crippen molar-refractivity contribution in [2.75, 3.05) is 25.0 Å². The van der Waals surface area contributed by atoms with E-state index in [-0.39, 0.29) is 5.91 Å². The molecule has 3 heterocycles. The van der Waals surface area contributed by atoms with Crippen LogP contribution in [-0.4, -0.2) is 40.5 Å². The monoisotopic (exact) mass is 346 g/mol. The van der Waals surface area contributed by atoms with Crippen LogP contribution in [0.25, 0.3) is 0 Å². The molecule has 0 saturated carbocycles. The molecule has 1 fully saturated rings. The van der Waals surface area contributed by atoms with Gasteiger partial charge in [0.25, 0.3) is 0 Å². The fraction of sp³-hybridized carbons (Fsp3) is 0.471. The van der Waals surface area contributed by atoms with E-state index in [0.29, 0.717) is 11.0 Å². The molecule has 3 rings (SSSR count). The van der Waals surface area contributed by atoms with Crippen molar-refractivity contribution in [1.29, 1.82) is 0 Å². The minimum atomic E-state index is -0.0846. The van der Waals surface area contributed by atoms with Gasteiger partial charge in [-0.25, -0.2) is 4.98 Å². The van der Waals surface area contributed by atoms with Gasteiger partial charge in [-0.1, -0.05) is 0 Å². The average molecular weight is 346 g/mol. The Kier molecular flexibility index (Phi) is 5.11. The molecule has 6 nitrogen and oxygen atoms in total. The summed E-state index contributed by atoms with van der Waals surface area (Å²) in [6.07, 6.45) is 1.84. The van der Waals surface area contributed by atoms with E-state index < -0.39 is 0 Å². The molecule has 2 aromatic heterocycles. The summed E-state index contributed by atoms with van der Waals surface area (Å²) in [5.41, 5.74) is 1.97. The van der Waals surface area contributed by atoms with Crippen LogP contribution in [0.3, 0.4) is 0 Å². The second-order valence-corrected chi connectivity index (χ2v) is 7.38. The van der Waals surface area contributed by atoms with E-state index in [4.69, 9.17) is 4.74 Å². The molecule has 1 aliphatic heterocycles. The molecule has 0 bridgehead atoms. The van der Waals surface area contributed by atoms with Gasteiger partial charge in [0.2, 0.25) is 5.91 Å². The van der Waals surface area contributed by atoms with Crippen LogP contribution in [0.5, 0.6) is 5.75 Å². The molecule has 1 saturated heterocycles. The van der Waals surface area contributed by atoms with E-state index in [1.807, 2.05) is 32.2 Å². The first-order chi connectivity index (χ1) is 11.5. The number of hydrogen-bond donors (Lipinski definition) is 1. The van der Waals surface area contributed by atoms with Gasteiger partial charge in [0, 0.05) is 67.1 Å². The Labute approximate surface area is 145 Å². The van der Waals surface area contributed by atoms with Crippen LogP contribution in [-0.2, 0) is 11.3 Å². The number of aryl methyl sites for hydroxylation is 2. The lowest BCUT2D eigenvalue weighted by atomic mass is 10.0. The highest BCUT2D eigenvalue weighted by Gasteiger charge is 2.27. The number of rotatable bonds is 6. The lowest BCUT2D eigenvalue weighted by Crippen LogP contribution is -2.48. The summed E-state index contributed by atoms with van der Waals surface area (Å²) in [6, 6.07) is 3.95. The molecule has 0 aliphatic carbocycles. The molecule has 1 N–H and O–H groups in total. The highest BCUT2D eigenvalue weighted by molar-refractivity contribution is 7.15. The number of nitrogens with zero attached hydrogens (tertiary/aromatic N) is 3. The Hall–Kier alpha value is -1.99. The molecule has 0 spiro atoms. The van der Waals surface area contributed by atoms with Gasteiger partial charge in [0.15, 0.2) is 5.13 Å². The van der Waals surface area contributed by atoms with Crippen LogP contribution in [0, 0.1) is 19.8 Å². The summed E-state index contributed by atoms with van der Waals surface area (Å²) >= 11 is 1.53. The standard InChI is InChI=1S/C17H22N4O2S/c1-11-4-15(5-12(2)19-11)23-10-14-7-21(8-14)9-16-6-18-17(24-16)20-13(3)22/h4-6,14H,7-10H2,1-3H3,(H,18,20,22). The number of anilines is 1. The predicted octanol–water partition coefficient (Wildman–Crippen LogP) is 2.62. The van der Waals surface area contributed by atoms with Crippen molar-refractivity contribution in [3.05, 3.63) is 34.6 Å². The number of aromatic nitrogens is 2. The number of pyridine rings is 1.